The van der Waals surface area contributed by atoms with Gasteiger partial charge in [-0.3, -0.25) is 9.78 Å². The number of carbonyl (C=O) groups excluding carboxylic acids is 1. The molecule has 0 radical (unpaired) electrons. The molecule has 26 heavy (non-hydrogen) atoms. The molecular formula is C23H19N2O+. The van der Waals surface area contributed by atoms with E-state index in [1.54, 1.807) is 6.20 Å². The third kappa shape index (κ3) is 3.52. The van der Waals surface area contributed by atoms with Crippen molar-refractivity contribution < 1.29 is 9.36 Å². The van der Waals surface area contributed by atoms with Crippen LogP contribution in [0.2, 0.25) is 0 Å². The summed E-state index contributed by atoms with van der Waals surface area (Å²) in [4.78, 5) is 16.8. The molecule has 0 unspecified atom stereocenters. The quantitative estimate of drug-likeness (QED) is 0.407. The first-order chi connectivity index (χ1) is 12.8. The van der Waals surface area contributed by atoms with Crippen molar-refractivity contribution in [2.45, 2.75) is 13.0 Å². The van der Waals surface area contributed by atoms with Gasteiger partial charge in [0.1, 0.15) is 0 Å². The number of hydrogen-bond acceptors (Lipinski definition) is 2. The van der Waals surface area contributed by atoms with E-state index in [2.05, 4.69) is 41.4 Å². The van der Waals surface area contributed by atoms with Gasteiger partial charge < -0.3 is 0 Å². The molecule has 0 aliphatic carbocycles. The summed E-state index contributed by atoms with van der Waals surface area (Å²) in [5.74, 6) is 0.0987. The number of nitrogens with zero attached hydrogens (tertiary/aromatic N) is 2. The Balaban J connectivity index is 1.60. The molecule has 126 valence electrons. The molecule has 3 nitrogen and oxygen atoms in total. The number of rotatable bonds is 5. The van der Waals surface area contributed by atoms with Crippen LogP contribution in [-0.4, -0.2) is 10.8 Å². The highest BCUT2D eigenvalue weighted by Gasteiger charge is 2.17. The topological polar surface area (TPSA) is 33.8 Å². The molecule has 0 saturated carbocycles. The van der Waals surface area contributed by atoms with Gasteiger partial charge in [0.2, 0.25) is 18.0 Å². The van der Waals surface area contributed by atoms with E-state index in [4.69, 9.17) is 0 Å². The normalized spacial score (nSPS) is 10.8. The van der Waals surface area contributed by atoms with E-state index >= 15 is 0 Å². The van der Waals surface area contributed by atoms with Gasteiger partial charge >= 0.3 is 0 Å². The van der Waals surface area contributed by atoms with Crippen molar-refractivity contribution in [3.8, 4) is 0 Å². The third-order valence-electron chi connectivity index (χ3n) is 4.53. The van der Waals surface area contributed by atoms with Crippen LogP contribution in [0.4, 0.5) is 0 Å². The summed E-state index contributed by atoms with van der Waals surface area (Å²) in [7, 11) is 0. The second-order valence-corrected chi connectivity index (χ2v) is 6.34. The van der Waals surface area contributed by atoms with Crippen LogP contribution < -0.4 is 4.57 Å². The fraction of sp³-hybridized carbons (Fsp3) is 0.0870. The van der Waals surface area contributed by atoms with E-state index in [1.807, 2.05) is 53.4 Å². The van der Waals surface area contributed by atoms with Crippen molar-refractivity contribution in [1.82, 2.24) is 4.98 Å². The molecule has 4 rings (SSSR count). The van der Waals surface area contributed by atoms with Gasteiger partial charge in [-0.1, -0.05) is 72.8 Å². The van der Waals surface area contributed by atoms with E-state index < -0.39 is 0 Å². The molecule has 0 atom stereocenters. The maximum atomic E-state index is 12.6. The van der Waals surface area contributed by atoms with Crippen molar-refractivity contribution in [1.29, 1.82) is 0 Å². The Labute approximate surface area is 152 Å². The second-order valence-electron chi connectivity index (χ2n) is 6.34. The zero-order valence-electron chi connectivity index (χ0n) is 14.4. The zero-order valence-corrected chi connectivity index (χ0v) is 14.4. The van der Waals surface area contributed by atoms with Gasteiger partial charge in [0.15, 0.2) is 6.20 Å². The van der Waals surface area contributed by atoms with Crippen LogP contribution in [0.1, 0.15) is 21.6 Å². The highest BCUT2D eigenvalue weighted by molar-refractivity contribution is 5.94. The Morgan fingerprint density at radius 3 is 2.50 bits per heavy atom. The minimum atomic E-state index is 0.0987. The average molecular weight is 339 g/mol. The summed E-state index contributed by atoms with van der Waals surface area (Å²) >= 11 is 0. The molecule has 0 aliphatic heterocycles. The maximum absolute atomic E-state index is 12.6. The Morgan fingerprint density at radius 1 is 0.885 bits per heavy atom. The first-order valence-electron chi connectivity index (χ1n) is 8.68. The molecule has 0 aliphatic rings. The van der Waals surface area contributed by atoms with Crippen molar-refractivity contribution in [3.63, 3.8) is 0 Å². The highest BCUT2D eigenvalue weighted by atomic mass is 16.1. The van der Waals surface area contributed by atoms with Gasteiger partial charge in [0.05, 0.1) is 18.8 Å². The molecule has 1 aromatic heterocycles. The lowest BCUT2D eigenvalue weighted by Gasteiger charge is -2.05. The fourth-order valence-electron chi connectivity index (χ4n) is 3.15. The molecule has 0 bridgehead atoms. The van der Waals surface area contributed by atoms with Crippen LogP contribution in [0.15, 0.2) is 91.4 Å². The summed E-state index contributed by atoms with van der Waals surface area (Å²) < 4.78 is 1.98. The smallest absolute Gasteiger partial charge is 0.227 e. The molecule has 3 heteroatoms. The molecule has 1 heterocycles. The first-order valence-corrected chi connectivity index (χ1v) is 8.68. The Morgan fingerprint density at radius 2 is 1.65 bits per heavy atom. The minimum Gasteiger partial charge on any atom is -0.287 e. The van der Waals surface area contributed by atoms with Crippen LogP contribution in [0.3, 0.4) is 0 Å². The van der Waals surface area contributed by atoms with Gasteiger partial charge in [-0.25, -0.2) is 0 Å². The van der Waals surface area contributed by atoms with Gasteiger partial charge in [-0.05, 0) is 16.3 Å². The zero-order chi connectivity index (χ0) is 17.8. The van der Waals surface area contributed by atoms with E-state index in [1.165, 1.54) is 16.3 Å². The first kappa shape index (κ1) is 16.2. The van der Waals surface area contributed by atoms with Gasteiger partial charge in [-0.15, -0.1) is 0 Å². The molecule has 0 fully saturated rings. The van der Waals surface area contributed by atoms with Crippen LogP contribution in [0.5, 0.6) is 0 Å². The van der Waals surface area contributed by atoms with Gasteiger partial charge in [0, 0.05) is 5.56 Å². The SMILES string of the molecule is O=C(C[n+]1ccncc1Cc1ccc2ccccc2c1)c1ccccc1. The number of benzene rings is 3. The van der Waals surface area contributed by atoms with Crippen LogP contribution >= 0.6 is 0 Å². The summed E-state index contributed by atoms with van der Waals surface area (Å²) in [6.07, 6.45) is 6.17. The Hall–Kier alpha value is -3.33. The molecule has 3 aromatic carbocycles. The summed E-state index contributed by atoms with van der Waals surface area (Å²) in [5, 5.41) is 2.45. The molecule has 0 spiro atoms. The Kier molecular flexibility index (Phi) is 4.52. The molecule has 0 saturated heterocycles. The standard InChI is InChI=1S/C23H19N2O/c26-23(20-7-2-1-3-8-20)17-25-13-12-24-16-22(25)15-18-10-11-19-6-4-5-9-21(19)14-18/h1-14,16H,15,17H2/q+1. The Bertz CT molecular complexity index is 1060. The van der Waals surface area contributed by atoms with Crippen LogP contribution in [0.25, 0.3) is 10.8 Å². The molecule has 0 N–H and O–H groups in total. The lowest BCUT2D eigenvalue weighted by Crippen LogP contribution is -2.42. The second kappa shape index (κ2) is 7.28. The lowest BCUT2D eigenvalue weighted by molar-refractivity contribution is -0.690. The number of carbonyl (C=O) groups is 1. The fourth-order valence-corrected chi connectivity index (χ4v) is 3.15. The predicted octanol–water partition coefficient (Wildman–Crippen LogP) is 4.00. The average Bonchev–Trinajstić information content (AvgIpc) is 2.70. The summed E-state index contributed by atoms with van der Waals surface area (Å²) in [5.41, 5.74) is 2.96. The number of aromatic nitrogens is 2. The van der Waals surface area contributed by atoms with E-state index in [0.717, 1.165) is 17.7 Å². The molecule has 0 amide bonds. The largest absolute Gasteiger partial charge is 0.287 e. The number of hydrogen-bond donors (Lipinski definition) is 0. The van der Waals surface area contributed by atoms with Crippen molar-refractivity contribution in [2.75, 3.05) is 0 Å². The number of fused-ring (bicyclic) bond motifs is 1. The monoisotopic (exact) mass is 339 g/mol. The summed E-state index contributed by atoms with van der Waals surface area (Å²) in [6, 6.07) is 24.2. The third-order valence-corrected chi connectivity index (χ3v) is 4.53. The number of Topliss-reactive ketones (excluding diaryl/α,β-unsaturated/α-hetero) is 1. The highest BCUT2D eigenvalue weighted by Crippen LogP contribution is 2.17. The van der Waals surface area contributed by atoms with Crippen molar-refractivity contribution in [2.24, 2.45) is 0 Å². The van der Waals surface area contributed by atoms with Crippen LogP contribution in [0, 0.1) is 0 Å². The predicted molar refractivity (Wildman–Crippen MR) is 102 cm³/mol. The number of ketones is 1. The van der Waals surface area contributed by atoms with E-state index in [9.17, 15) is 4.79 Å². The van der Waals surface area contributed by atoms with Crippen LogP contribution in [-0.2, 0) is 13.0 Å². The van der Waals surface area contributed by atoms with Crippen molar-refractivity contribution >= 4 is 16.6 Å². The van der Waals surface area contributed by atoms with Crippen molar-refractivity contribution in [3.05, 3.63) is 108 Å². The maximum Gasteiger partial charge on any atom is 0.227 e. The molecule has 4 aromatic rings. The van der Waals surface area contributed by atoms with E-state index in [0.29, 0.717) is 6.54 Å². The van der Waals surface area contributed by atoms with Gasteiger partial charge in [-0.2, -0.15) is 4.57 Å². The van der Waals surface area contributed by atoms with Gasteiger partial charge in [0.25, 0.3) is 0 Å². The molecular weight excluding hydrogens is 320 g/mol. The minimum absolute atomic E-state index is 0.0987. The summed E-state index contributed by atoms with van der Waals surface area (Å²) in [6.45, 7) is 0.315. The van der Waals surface area contributed by atoms with E-state index in [-0.39, 0.29) is 5.78 Å². The lowest BCUT2D eigenvalue weighted by atomic mass is 10.0.